The number of carbonyl (C=O) groups is 1. The van der Waals surface area contributed by atoms with Gasteiger partial charge in [-0.3, -0.25) is 14.9 Å². The molecule has 0 spiro atoms. The summed E-state index contributed by atoms with van der Waals surface area (Å²) in [5, 5.41) is 19.9. The van der Waals surface area contributed by atoms with E-state index in [1.54, 1.807) is 4.90 Å². The molecule has 7 nitrogen and oxygen atoms in total. The third-order valence-corrected chi connectivity index (χ3v) is 3.51. The van der Waals surface area contributed by atoms with Crippen LogP contribution in [0.3, 0.4) is 0 Å². The first-order chi connectivity index (χ1) is 8.83. The fraction of sp³-hybridized carbons (Fsp3) is 0.364. The predicted molar refractivity (Wildman–Crippen MR) is 69.5 cm³/mol. The number of hydrogen-bond acceptors (Lipinski definition) is 5. The molecule has 1 aliphatic rings. The first-order valence-corrected chi connectivity index (χ1v) is 5.92. The summed E-state index contributed by atoms with van der Waals surface area (Å²) >= 11 is 5.99. The molecule has 1 unspecified atom stereocenters. The number of nitrogens with zero attached hydrogens (tertiary/aromatic N) is 2. The summed E-state index contributed by atoms with van der Waals surface area (Å²) in [5.74, 6) is -1.06. The fourth-order valence-electron chi connectivity index (χ4n) is 2.08. The van der Waals surface area contributed by atoms with Gasteiger partial charge in [-0.2, -0.15) is 0 Å². The highest BCUT2D eigenvalue weighted by atomic mass is 35.5. The maximum atomic E-state index is 11.1. The van der Waals surface area contributed by atoms with Gasteiger partial charge in [0.2, 0.25) is 0 Å². The van der Waals surface area contributed by atoms with Crippen LogP contribution in [0.5, 0.6) is 0 Å². The summed E-state index contributed by atoms with van der Waals surface area (Å²) in [6, 6.07) is 4.08. The van der Waals surface area contributed by atoms with E-state index in [1.165, 1.54) is 18.2 Å². The number of nitro benzene ring substituents is 1. The number of nitrogens with two attached hydrogens (primary N) is 1. The molecule has 0 amide bonds. The highest BCUT2D eigenvalue weighted by molar-refractivity contribution is 6.33. The van der Waals surface area contributed by atoms with Gasteiger partial charge in [-0.05, 0) is 12.5 Å². The molecule has 1 saturated heterocycles. The average Bonchev–Trinajstić information content (AvgIpc) is 2.73. The standard InChI is InChI=1S/C11H12ClN3O4/c12-8-5-7(15(18)19)1-2-9(8)14-4-3-11(13,6-14)10(16)17/h1-2,5H,3-4,6,13H2,(H,16,17). The van der Waals surface area contributed by atoms with E-state index in [-0.39, 0.29) is 17.3 Å². The summed E-state index contributed by atoms with van der Waals surface area (Å²) < 4.78 is 0. The molecule has 2 rings (SSSR count). The van der Waals surface area contributed by atoms with Crippen molar-refractivity contribution in [2.24, 2.45) is 5.73 Å². The van der Waals surface area contributed by atoms with E-state index in [2.05, 4.69) is 0 Å². The molecule has 8 heteroatoms. The number of aliphatic carboxylic acids is 1. The van der Waals surface area contributed by atoms with Crippen molar-refractivity contribution in [2.45, 2.75) is 12.0 Å². The SMILES string of the molecule is NC1(C(=O)O)CCN(c2ccc([N+](=O)[O-])cc2Cl)C1. The molecule has 0 aromatic heterocycles. The Morgan fingerprint density at radius 3 is 2.74 bits per heavy atom. The maximum absolute atomic E-state index is 11.1. The molecule has 0 saturated carbocycles. The predicted octanol–water partition coefficient (Wildman–Crippen LogP) is 1.24. The number of carboxylic acids is 1. The lowest BCUT2D eigenvalue weighted by Crippen LogP contribution is -2.50. The molecule has 0 radical (unpaired) electrons. The van der Waals surface area contributed by atoms with Gasteiger partial charge in [-0.15, -0.1) is 0 Å². The van der Waals surface area contributed by atoms with Gasteiger partial charge in [-0.25, -0.2) is 0 Å². The third kappa shape index (κ3) is 2.47. The topological polar surface area (TPSA) is 110 Å². The van der Waals surface area contributed by atoms with Crippen LogP contribution < -0.4 is 10.6 Å². The number of halogens is 1. The summed E-state index contributed by atoms with van der Waals surface area (Å²) in [6.07, 6.45) is 0.301. The number of anilines is 1. The zero-order valence-electron chi connectivity index (χ0n) is 9.88. The number of hydrogen-bond donors (Lipinski definition) is 2. The summed E-state index contributed by atoms with van der Waals surface area (Å²) in [5.41, 5.74) is 4.91. The summed E-state index contributed by atoms with van der Waals surface area (Å²) in [7, 11) is 0. The van der Waals surface area contributed by atoms with E-state index in [0.29, 0.717) is 18.7 Å². The first kappa shape index (κ1) is 13.6. The molecule has 19 heavy (non-hydrogen) atoms. The molecule has 3 N–H and O–H groups in total. The van der Waals surface area contributed by atoms with Gasteiger partial charge in [0.25, 0.3) is 5.69 Å². The summed E-state index contributed by atoms with van der Waals surface area (Å²) in [4.78, 5) is 22.9. The van der Waals surface area contributed by atoms with E-state index < -0.39 is 16.4 Å². The minimum absolute atomic E-state index is 0.106. The lowest BCUT2D eigenvalue weighted by atomic mass is 10.0. The minimum atomic E-state index is -1.30. The fourth-order valence-corrected chi connectivity index (χ4v) is 2.37. The second kappa shape index (κ2) is 4.67. The summed E-state index contributed by atoms with van der Waals surface area (Å²) in [6.45, 7) is 0.570. The number of nitro groups is 1. The van der Waals surface area contributed by atoms with Crippen LogP contribution in [0.2, 0.25) is 5.02 Å². The van der Waals surface area contributed by atoms with Gasteiger partial charge < -0.3 is 15.7 Å². The van der Waals surface area contributed by atoms with Crippen molar-refractivity contribution < 1.29 is 14.8 Å². The minimum Gasteiger partial charge on any atom is -0.480 e. The van der Waals surface area contributed by atoms with Crippen LogP contribution in [0.15, 0.2) is 18.2 Å². The van der Waals surface area contributed by atoms with Gasteiger partial charge in [-0.1, -0.05) is 11.6 Å². The van der Waals surface area contributed by atoms with Crippen LogP contribution in [0, 0.1) is 10.1 Å². The Morgan fingerprint density at radius 1 is 1.58 bits per heavy atom. The van der Waals surface area contributed by atoms with Gasteiger partial charge in [0.05, 0.1) is 15.6 Å². The average molecular weight is 286 g/mol. The van der Waals surface area contributed by atoms with Crippen LogP contribution in [0.1, 0.15) is 6.42 Å². The van der Waals surface area contributed by atoms with Crippen LogP contribution in [0.25, 0.3) is 0 Å². The Morgan fingerprint density at radius 2 is 2.26 bits per heavy atom. The normalized spacial score (nSPS) is 22.5. The number of carboxylic acid groups (broad SMARTS) is 1. The molecule has 0 aliphatic carbocycles. The van der Waals surface area contributed by atoms with Crippen molar-refractivity contribution >= 4 is 28.9 Å². The van der Waals surface area contributed by atoms with Gasteiger partial charge in [0.15, 0.2) is 0 Å². The largest absolute Gasteiger partial charge is 0.480 e. The number of benzene rings is 1. The van der Waals surface area contributed by atoms with E-state index in [4.69, 9.17) is 22.4 Å². The van der Waals surface area contributed by atoms with Gasteiger partial charge >= 0.3 is 5.97 Å². The van der Waals surface area contributed by atoms with Crippen molar-refractivity contribution in [3.8, 4) is 0 Å². The van der Waals surface area contributed by atoms with Gasteiger partial charge in [0.1, 0.15) is 5.54 Å². The quantitative estimate of drug-likeness (QED) is 0.639. The molecule has 1 aromatic rings. The van der Waals surface area contributed by atoms with E-state index in [1.807, 2.05) is 0 Å². The second-order valence-electron chi connectivity index (χ2n) is 4.53. The number of rotatable bonds is 3. The molecular weight excluding hydrogens is 274 g/mol. The van der Waals surface area contributed by atoms with E-state index >= 15 is 0 Å². The Hall–Kier alpha value is -1.86. The molecule has 1 aromatic carbocycles. The Bertz CT molecular complexity index is 551. The Kier molecular flexibility index (Phi) is 3.34. The van der Waals surface area contributed by atoms with Crippen molar-refractivity contribution in [2.75, 3.05) is 18.0 Å². The zero-order chi connectivity index (χ0) is 14.2. The van der Waals surface area contributed by atoms with Crippen LogP contribution in [-0.4, -0.2) is 34.6 Å². The van der Waals surface area contributed by atoms with Crippen molar-refractivity contribution in [3.63, 3.8) is 0 Å². The zero-order valence-corrected chi connectivity index (χ0v) is 10.6. The van der Waals surface area contributed by atoms with Crippen molar-refractivity contribution in [3.05, 3.63) is 33.3 Å². The van der Waals surface area contributed by atoms with E-state index in [0.717, 1.165) is 0 Å². The molecule has 1 aliphatic heterocycles. The smallest absolute Gasteiger partial charge is 0.325 e. The van der Waals surface area contributed by atoms with E-state index in [9.17, 15) is 14.9 Å². The highest BCUT2D eigenvalue weighted by Gasteiger charge is 2.41. The molecular formula is C11H12ClN3O4. The van der Waals surface area contributed by atoms with Gasteiger partial charge in [0, 0.05) is 25.2 Å². The molecule has 0 bridgehead atoms. The Balaban J connectivity index is 2.25. The molecule has 1 atom stereocenters. The van der Waals surface area contributed by atoms with Crippen LogP contribution >= 0.6 is 11.6 Å². The lowest BCUT2D eigenvalue weighted by molar-refractivity contribution is -0.384. The maximum Gasteiger partial charge on any atom is 0.325 e. The van der Waals surface area contributed by atoms with Crippen molar-refractivity contribution in [1.29, 1.82) is 0 Å². The molecule has 102 valence electrons. The lowest BCUT2D eigenvalue weighted by Gasteiger charge is -2.22. The third-order valence-electron chi connectivity index (χ3n) is 3.21. The first-order valence-electron chi connectivity index (χ1n) is 5.55. The monoisotopic (exact) mass is 285 g/mol. The van der Waals surface area contributed by atoms with Crippen LogP contribution in [-0.2, 0) is 4.79 Å². The molecule has 1 heterocycles. The Labute approximate surface area is 113 Å². The molecule has 1 fully saturated rings. The number of non-ortho nitro benzene ring substituents is 1. The second-order valence-corrected chi connectivity index (χ2v) is 4.93. The highest BCUT2D eigenvalue weighted by Crippen LogP contribution is 2.33. The van der Waals surface area contributed by atoms with Crippen molar-refractivity contribution in [1.82, 2.24) is 0 Å². The van der Waals surface area contributed by atoms with Crippen LogP contribution in [0.4, 0.5) is 11.4 Å².